The Morgan fingerprint density at radius 2 is 1.83 bits per heavy atom. The molecule has 2 fully saturated rings. The molecule has 2 heteroatoms. The molecule has 0 radical (unpaired) electrons. The molecule has 0 amide bonds. The largest absolute Gasteiger partial charge is 0.395 e. The minimum absolute atomic E-state index is 0.380. The van der Waals surface area contributed by atoms with Gasteiger partial charge in [0.2, 0.25) is 0 Å². The van der Waals surface area contributed by atoms with Gasteiger partial charge in [-0.15, -0.1) is 0 Å². The Hall–Kier alpha value is -0.0800. The summed E-state index contributed by atoms with van der Waals surface area (Å²) in [6, 6.07) is 0.501. The van der Waals surface area contributed by atoms with E-state index in [9.17, 15) is 5.11 Å². The van der Waals surface area contributed by atoms with Crippen LogP contribution in [0.25, 0.3) is 0 Å². The van der Waals surface area contributed by atoms with Crippen LogP contribution in [0.4, 0.5) is 0 Å². The van der Waals surface area contributed by atoms with E-state index >= 15 is 0 Å². The Balaban J connectivity index is 1.87. The maximum absolute atomic E-state index is 9.28. The minimum Gasteiger partial charge on any atom is -0.395 e. The van der Waals surface area contributed by atoms with Crippen molar-refractivity contribution in [2.24, 2.45) is 5.92 Å². The highest BCUT2D eigenvalue weighted by Gasteiger charge is 2.32. The first-order valence-electron chi connectivity index (χ1n) is 5.26. The van der Waals surface area contributed by atoms with E-state index in [1.54, 1.807) is 0 Å². The first kappa shape index (κ1) is 8.52. The number of aliphatic hydroxyl groups is 1. The van der Waals surface area contributed by atoms with E-state index in [0.717, 1.165) is 5.92 Å². The Morgan fingerprint density at radius 1 is 1.17 bits per heavy atom. The molecule has 1 aliphatic heterocycles. The molecule has 0 bridgehead atoms. The Labute approximate surface area is 74.6 Å². The van der Waals surface area contributed by atoms with Crippen LogP contribution < -0.4 is 0 Å². The van der Waals surface area contributed by atoms with Gasteiger partial charge in [0.05, 0.1) is 6.61 Å². The molecule has 12 heavy (non-hydrogen) atoms. The highest BCUT2D eigenvalue weighted by molar-refractivity contribution is 4.86. The lowest BCUT2D eigenvalue weighted by atomic mass is 9.79. The van der Waals surface area contributed by atoms with Gasteiger partial charge < -0.3 is 5.11 Å². The predicted molar refractivity (Wildman–Crippen MR) is 49.0 cm³/mol. The number of likely N-dealkylation sites (tertiary alicyclic amines) is 1. The molecule has 1 N–H and O–H groups in total. The summed E-state index contributed by atoms with van der Waals surface area (Å²) in [7, 11) is 0. The molecule has 2 rings (SSSR count). The van der Waals surface area contributed by atoms with E-state index in [4.69, 9.17) is 0 Å². The number of hydrogen-bond acceptors (Lipinski definition) is 2. The smallest absolute Gasteiger partial charge is 0.0589 e. The Bertz CT molecular complexity index is 139. The second-order valence-corrected chi connectivity index (χ2v) is 4.18. The third-order valence-electron chi connectivity index (χ3n) is 3.49. The molecule has 0 aromatic carbocycles. The molecule has 1 heterocycles. The van der Waals surface area contributed by atoms with E-state index in [2.05, 4.69) is 4.90 Å². The van der Waals surface area contributed by atoms with Crippen molar-refractivity contribution in [3.63, 3.8) is 0 Å². The summed E-state index contributed by atoms with van der Waals surface area (Å²) in [5.74, 6) is 0.813. The average Bonchev–Trinajstić information content (AvgIpc) is 2.47. The van der Waals surface area contributed by atoms with Crippen molar-refractivity contribution in [1.82, 2.24) is 4.90 Å². The van der Waals surface area contributed by atoms with E-state index in [1.165, 1.54) is 45.2 Å². The van der Waals surface area contributed by atoms with Crippen LogP contribution in [0, 0.1) is 5.92 Å². The van der Waals surface area contributed by atoms with E-state index in [1.807, 2.05) is 0 Å². The highest BCUT2D eigenvalue weighted by atomic mass is 16.3. The molecular weight excluding hydrogens is 150 g/mol. The lowest BCUT2D eigenvalue weighted by molar-refractivity contribution is 0.0641. The van der Waals surface area contributed by atoms with Crippen LogP contribution in [-0.2, 0) is 0 Å². The second kappa shape index (κ2) is 3.75. The van der Waals surface area contributed by atoms with Gasteiger partial charge in [-0.05, 0) is 44.7 Å². The van der Waals surface area contributed by atoms with Crippen molar-refractivity contribution >= 4 is 0 Å². The predicted octanol–water partition coefficient (Wildman–Crippen LogP) is 1.24. The van der Waals surface area contributed by atoms with Gasteiger partial charge in [-0.25, -0.2) is 0 Å². The van der Waals surface area contributed by atoms with Crippen LogP contribution in [0.5, 0.6) is 0 Å². The van der Waals surface area contributed by atoms with Crippen LogP contribution in [0.3, 0.4) is 0 Å². The van der Waals surface area contributed by atoms with Crippen molar-refractivity contribution in [3.05, 3.63) is 0 Å². The van der Waals surface area contributed by atoms with Crippen LogP contribution in [-0.4, -0.2) is 35.7 Å². The molecule has 0 aromatic heterocycles. The van der Waals surface area contributed by atoms with Crippen molar-refractivity contribution in [1.29, 1.82) is 0 Å². The van der Waals surface area contributed by atoms with E-state index in [-0.39, 0.29) is 0 Å². The second-order valence-electron chi connectivity index (χ2n) is 4.18. The molecule has 1 unspecified atom stereocenters. The first-order valence-corrected chi connectivity index (χ1v) is 5.26. The summed E-state index contributed by atoms with van der Waals surface area (Å²) in [4.78, 5) is 2.49. The SMILES string of the molecule is OCC(C1CCC1)N1CCCC1. The first-order chi connectivity index (χ1) is 5.92. The van der Waals surface area contributed by atoms with Gasteiger partial charge in [0.15, 0.2) is 0 Å². The van der Waals surface area contributed by atoms with Crippen LogP contribution in [0.15, 0.2) is 0 Å². The Kier molecular flexibility index (Phi) is 2.66. The quantitative estimate of drug-likeness (QED) is 0.687. The number of rotatable bonds is 3. The number of nitrogens with zero attached hydrogens (tertiary/aromatic N) is 1. The van der Waals surface area contributed by atoms with Crippen molar-refractivity contribution in [2.45, 2.75) is 38.1 Å². The van der Waals surface area contributed by atoms with Gasteiger partial charge in [-0.1, -0.05) is 6.42 Å². The van der Waals surface area contributed by atoms with Gasteiger partial charge in [0.25, 0.3) is 0 Å². The van der Waals surface area contributed by atoms with Crippen molar-refractivity contribution in [3.8, 4) is 0 Å². The minimum atomic E-state index is 0.380. The van der Waals surface area contributed by atoms with Gasteiger partial charge in [0.1, 0.15) is 0 Å². The fourth-order valence-corrected chi connectivity index (χ4v) is 2.46. The summed E-state index contributed by atoms with van der Waals surface area (Å²) in [6.45, 7) is 2.83. The molecule has 2 aliphatic rings. The normalized spacial score (nSPS) is 28.8. The molecular formula is C10H19NO. The number of hydrogen-bond donors (Lipinski definition) is 1. The number of aliphatic hydroxyl groups excluding tert-OH is 1. The summed E-state index contributed by atoms with van der Waals surface area (Å²) in [5, 5.41) is 9.28. The summed E-state index contributed by atoms with van der Waals surface area (Å²) in [5.41, 5.74) is 0. The zero-order chi connectivity index (χ0) is 8.39. The molecule has 0 spiro atoms. The fourth-order valence-electron chi connectivity index (χ4n) is 2.46. The van der Waals surface area contributed by atoms with Gasteiger partial charge in [-0.3, -0.25) is 4.90 Å². The Morgan fingerprint density at radius 3 is 2.25 bits per heavy atom. The maximum Gasteiger partial charge on any atom is 0.0589 e. The van der Waals surface area contributed by atoms with Gasteiger partial charge >= 0.3 is 0 Å². The van der Waals surface area contributed by atoms with Crippen LogP contribution in [0.1, 0.15) is 32.1 Å². The van der Waals surface area contributed by atoms with Crippen molar-refractivity contribution in [2.75, 3.05) is 19.7 Å². The molecule has 70 valence electrons. The van der Waals surface area contributed by atoms with E-state index < -0.39 is 0 Å². The molecule has 1 aliphatic carbocycles. The lowest BCUT2D eigenvalue weighted by Crippen LogP contribution is -2.44. The molecule has 1 saturated heterocycles. The van der Waals surface area contributed by atoms with Crippen LogP contribution in [0.2, 0.25) is 0 Å². The highest BCUT2D eigenvalue weighted by Crippen LogP contribution is 2.33. The zero-order valence-electron chi connectivity index (χ0n) is 7.71. The standard InChI is InChI=1S/C10H19NO/c12-8-10(9-4-3-5-9)11-6-1-2-7-11/h9-10,12H,1-8H2. The maximum atomic E-state index is 9.28. The third-order valence-corrected chi connectivity index (χ3v) is 3.49. The molecule has 1 saturated carbocycles. The van der Waals surface area contributed by atoms with Gasteiger partial charge in [-0.2, -0.15) is 0 Å². The monoisotopic (exact) mass is 169 g/mol. The van der Waals surface area contributed by atoms with E-state index in [0.29, 0.717) is 12.6 Å². The average molecular weight is 169 g/mol. The summed E-state index contributed by atoms with van der Waals surface area (Å²) >= 11 is 0. The zero-order valence-corrected chi connectivity index (χ0v) is 7.71. The fraction of sp³-hybridized carbons (Fsp3) is 1.00. The summed E-state index contributed by atoms with van der Waals surface area (Å²) in [6.07, 6.45) is 6.75. The molecule has 0 aromatic rings. The molecule has 2 nitrogen and oxygen atoms in total. The van der Waals surface area contributed by atoms with Crippen molar-refractivity contribution < 1.29 is 5.11 Å². The topological polar surface area (TPSA) is 23.5 Å². The third kappa shape index (κ3) is 1.50. The van der Waals surface area contributed by atoms with Gasteiger partial charge in [0, 0.05) is 6.04 Å². The lowest BCUT2D eigenvalue weighted by Gasteiger charge is -2.38. The van der Waals surface area contributed by atoms with Crippen LogP contribution >= 0.6 is 0 Å². The summed E-state index contributed by atoms with van der Waals surface area (Å²) < 4.78 is 0. The molecule has 1 atom stereocenters.